The molecule has 142 valence electrons. The molecule has 1 aromatic heterocycles. The minimum absolute atomic E-state index is 0.0775. The first-order valence-corrected chi connectivity index (χ1v) is 9.07. The van der Waals surface area contributed by atoms with Crippen molar-refractivity contribution in [2.45, 2.75) is 25.4 Å². The first-order chi connectivity index (χ1) is 13.2. The van der Waals surface area contributed by atoms with Crippen molar-refractivity contribution >= 4 is 11.8 Å². The fourth-order valence-corrected chi connectivity index (χ4v) is 3.49. The Hall–Kier alpha value is -3.03. The number of benzene rings is 1. The standard InChI is InChI=1S/C19H22N4O4/c1-20-18(24)10-15-12-22(11-14-5-6-21-23(14)15)19(25)13-3-4-16-17(9-13)27-8-2-7-26-16/h3-6,9,15H,2,7-8,10-12H2,1H3,(H,20,24). The molecule has 2 aromatic rings. The molecular weight excluding hydrogens is 348 g/mol. The maximum Gasteiger partial charge on any atom is 0.254 e. The zero-order valence-corrected chi connectivity index (χ0v) is 15.2. The summed E-state index contributed by atoms with van der Waals surface area (Å²) in [6.07, 6.45) is 2.79. The van der Waals surface area contributed by atoms with Gasteiger partial charge >= 0.3 is 0 Å². The Bertz CT molecular complexity index is 863. The van der Waals surface area contributed by atoms with Crippen LogP contribution in [0.25, 0.3) is 0 Å². The number of aromatic nitrogens is 2. The van der Waals surface area contributed by atoms with Crippen LogP contribution in [0.5, 0.6) is 11.5 Å². The number of carbonyl (C=O) groups excluding carboxylic acids is 2. The summed E-state index contributed by atoms with van der Waals surface area (Å²) in [6.45, 7) is 2.06. The molecule has 0 saturated carbocycles. The van der Waals surface area contributed by atoms with E-state index in [-0.39, 0.29) is 24.3 Å². The zero-order valence-electron chi connectivity index (χ0n) is 15.2. The summed E-state index contributed by atoms with van der Waals surface area (Å²) >= 11 is 0. The number of ether oxygens (including phenoxy) is 2. The molecule has 8 heteroatoms. The third-order valence-corrected chi connectivity index (χ3v) is 4.86. The Morgan fingerprint density at radius 3 is 2.85 bits per heavy atom. The second-order valence-electron chi connectivity index (χ2n) is 6.70. The maximum atomic E-state index is 13.1. The highest BCUT2D eigenvalue weighted by molar-refractivity contribution is 5.95. The van der Waals surface area contributed by atoms with Crippen LogP contribution >= 0.6 is 0 Å². The van der Waals surface area contributed by atoms with E-state index in [1.54, 1.807) is 36.3 Å². The van der Waals surface area contributed by atoms with E-state index < -0.39 is 0 Å². The molecule has 0 spiro atoms. The molecule has 1 unspecified atom stereocenters. The topological polar surface area (TPSA) is 85.7 Å². The van der Waals surface area contributed by atoms with Crippen molar-refractivity contribution in [3.05, 3.63) is 41.7 Å². The van der Waals surface area contributed by atoms with Gasteiger partial charge < -0.3 is 19.7 Å². The van der Waals surface area contributed by atoms with Crippen molar-refractivity contribution in [1.82, 2.24) is 20.0 Å². The molecule has 4 rings (SSSR count). The average Bonchev–Trinajstić information content (AvgIpc) is 3.04. The van der Waals surface area contributed by atoms with Crippen molar-refractivity contribution in [2.24, 2.45) is 0 Å². The maximum absolute atomic E-state index is 13.1. The fraction of sp³-hybridized carbons (Fsp3) is 0.421. The van der Waals surface area contributed by atoms with Crippen LogP contribution in [-0.4, -0.2) is 53.3 Å². The second kappa shape index (κ2) is 7.30. The number of hydrogen-bond donors (Lipinski definition) is 1. The third kappa shape index (κ3) is 3.47. The smallest absolute Gasteiger partial charge is 0.254 e. The predicted octanol–water partition coefficient (Wildman–Crippen LogP) is 1.38. The number of nitrogens with zero attached hydrogens (tertiary/aromatic N) is 3. The summed E-state index contributed by atoms with van der Waals surface area (Å²) in [5, 5.41) is 6.96. The Labute approximate surface area is 157 Å². The van der Waals surface area contributed by atoms with E-state index >= 15 is 0 Å². The second-order valence-corrected chi connectivity index (χ2v) is 6.70. The first kappa shape index (κ1) is 17.4. The van der Waals surface area contributed by atoms with Crippen LogP contribution in [0.3, 0.4) is 0 Å². The summed E-state index contributed by atoms with van der Waals surface area (Å²) in [5.41, 5.74) is 1.46. The molecule has 8 nitrogen and oxygen atoms in total. The predicted molar refractivity (Wildman–Crippen MR) is 96.7 cm³/mol. The van der Waals surface area contributed by atoms with Crippen LogP contribution in [0.2, 0.25) is 0 Å². The van der Waals surface area contributed by atoms with Gasteiger partial charge in [0.05, 0.1) is 37.9 Å². The van der Waals surface area contributed by atoms with Crippen LogP contribution < -0.4 is 14.8 Å². The van der Waals surface area contributed by atoms with Gasteiger partial charge in [0.15, 0.2) is 11.5 Å². The molecule has 0 fully saturated rings. The van der Waals surface area contributed by atoms with Crippen LogP contribution in [0.1, 0.15) is 34.9 Å². The lowest BCUT2D eigenvalue weighted by molar-refractivity contribution is -0.121. The van der Waals surface area contributed by atoms with Gasteiger partial charge in [0.1, 0.15) is 0 Å². The van der Waals surface area contributed by atoms with Crippen molar-refractivity contribution in [1.29, 1.82) is 0 Å². The van der Waals surface area contributed by atoms with Crippen molar-refractivity contribution in [2.75, 3.05) is 26.8 Å². The van der Waals surface area contributed by atoms with Gasteiger partial charge in [-0.05, 0) is 24.3 Å². The van der Waals surface area contributed by atoms with E-state index in [9.17, 15) is 9.59 Å². The molecule has 0 bridgehead atoms. The molecule has 1 aromatic carbocycles. The molecule has 2 aliphatic heterocycles. The Kier molecular flexibility index (Phi) is 4.70. The van der Waals surface area contributed by atoms with E-state index in [0.717, 1.165) is 12.1 Å². The van der Waals surface area contributed by atoms with Crippen LogP contribution in [0, 0.1) is 0 Å². The van der Waals surface area contributed by atoms with Crippen LogP contribution in [-0.2, 0) is 11.3 Å². The molecule has 0 saturated heterocycles. The molecule has 3 heterocycles. The summed E-state index contributed by atoms with van der Waals surface area (Å²) in [5.74, 6) is 1.09. The highest BCUT2D eigenvalue weighted by atomic mass is 16.5. The Morgan fingerprint density at radius 2 is 2.04 bits per heavy atom. The number of amides is 2. The van der Waals surface area contributed by atoms with E-state index in [4.69, 9.17) is 9.47 Å². The van der Waals surface area contributed by atoms with Crippen molar-refractivity contribution < 1.29 is 19.1 Å². The van der Waals surface area contributed by atoms with Gasteiger partial charge in [-0.2, -0.15) is 5.10 Å². The van der Waals surface area contributed by atoms with Crippen LogP contribution in [0.15, 0.2) is 30.5 Å². The molecule has 27 heavy (non-hydrogen) atoms. The lowest BCUT2D eigenvalue weighted by Crippen LogP contribution is -2.42. The number of carbonyl (C=O) groups is 2. The highest BCUT2D eigenvalue weighted by Gasteiger charge is 2.30. The van der Waals surface area contributed by atoms with Gasteiger partial charge in [-0.15, -0.1) is 0 Å². The Morgan fingerprint density at radius 1 is 1.22 bits per heavy atom. The van der Waals surface area contributed by atoms with Gasteiger partial charge in [0.2, 0.25) is 5.91 Å². The van der Waals surface area contributed by atoms with Gasteiger partial charge in [-0.1, -0.05) is 0 Å². The van der Waals surface area contributed by atoms with Gasteiger partial charge in [-0.25, -0.2) is 0 Å². The van der Waals surface area contributed by atoms with Gasteiger partial charge in [0.25, 0.3) is 5.91 Å². The van der Waals surface area contributed by atoms with Gasteiger partial charge in [0, 0.05) is 31.8 Å². The molecule has 1 atom stereocenters. The fourth-order valence-electron chi connectivity index (χ4n) is 3.49. The minimum atomic E-state index is -0.187. The lowest BCUT2D eigenvalue weighted by atomic mass is 10.1. The quantitative estimate of drug-likeness (QED) is 0.882. The molecule has 2 aliphatic rings. The van der Waals surface area contributed by atoms with Crippen LogP contribution in [0.4, 0.5) is 0 Å². The minimum Gasteiger partial charge on any atom is -0.490 e. The summed E-state index contributed by atoms with van der Waals surface area (Å²) < 4.78 is 13.2. The molecule has 1 N–H and O–H groups in total. The normalized spacial score (nSPS) is 18.4. The zero-order chi connectivity index (χ0) is 18.8. The highest BCUT2D eigenvalue weighted by Crippen LogP contribution is 2.32. The Balaban J connectivity index is 1.57. The largest absolute Gasteiger partial charge is 0.490 e. The lowest BCUT2D eigenvalue weighted by Gasteiger charge is -2.33. The summed E-state index contributed by atoms with van der Waals surface area (Å²) in [4.78, 5) is 26.7. The average molecular weight is 370 g/mol. The van der Waals surface area contributed by atoms with E-state index in [1.807, 2.05) is 10.7 Å². The monoisotopic (exact) mass is 370 g/mol. The van der Waals surface area contributed by atoms with Crippen molar-refractivity contribution in [3.63, 3.8) is 0 Å². The number of hydrogen-bond acceptors (Lipinski definition) is 5. The molecule has 0 radical (unpaired) electrons. The number of nitrogens with one attached hydrogen (secondary N) is 1. The summed E-state index contributed by atoms with van der Waals surface area (Å²) in [6, 6.07) is 6.97. The first-order valence-electron chi connectivity index (χ1n) is 9.07. The molecule has 0 aliphatic carbocycles. The number of rotatable bonds is 3. The number of fused-ring (bicyclic) bond motifs is 2. The SMILES string of the molecule is CNC(=O)CC1CN(C(=O)c2ccc3c(c2)OCCCO3)Cc2ccnn21. The van der Waals surface area contributed by atoms with E-state index in [2.05, 4.69) is 10.4 Å². The molecular formula is C19H22N4O4. The van der Waals surface area contributed by atoms with E-state index in [0.29, 0.717) is 43.4 Å². The van der Waals surface area contributed by atoms with Crippen molar-refractivity contribution in [3.8, 4) is 11.5 Å². The van der Waals surface area contributed by atoms with E-state index in [1.165, 1.54) is 0 Å². The summed E-state index contributed by atoms with van der Waals surface area (Å²) in [7, 11) is 1.61. The third-order valence-electron chi connectivity index (χ3n) is 4.86. The molecule has 2 amide bonds. The van der Waals surface area contributed by atoms with Gasteiger partial charge in [-0.3, -0.25) is 14.3 Å².